The third-order valence-corrected chi connectivity index (χ3v) is 7.57. The average molecular weight is 365 g/mol. The molecule has 0 unspecified atom stereocenters. The quantitative estimate of drug-likeness (QED) is 0.829. The number of nitrogens with zero attached hydrogens (tertiary/aromatic N) is 2. The molecular weight excluding hydrogens is 336 g/mol. The minimum atomic E-state index is -3.64. The lowest BCUT2D eigenvalue weighted by molar-refractivity contribution is -0.135. The van der Waals surface area contributed by atoms with E-state index in [-0.39, 0.29) is 5.91 Å². The number of likely N-dealkylation sites (tertiary alicyclic amines) is 1. The second kappa shape index (κ2) is 7.08. The molecule has 3 rings (SSSR count). The molecular formula is C19H28N2O3S. The van der Waals surface area contributed by atoms with Crippen LogP contribution in [-0.2, 0) is 14.8 Å². The maximum absolute atomic E-state index is 13.1. The highest BCUT2D eigenvalue weighted by molar-refractivity contribution is 7.89. The van der Waals surface area contributed by atoms with Crippen molar-refractivity contribution in [3.8, 4) is 0 Å². The Morgan fingerprint density at radius 3 is 2.36 bits per heavy atom. The van der Waals surface area contributed by atoms with Gasteiger partial charge in [-0.1, -0.05) is 13.0 Å². The van der Waals surface area contributed by atoms with Gasteiger partial charge in [0.2, 0.25) is 15.9 Å². The Bertz CT molecular complexity index is 752. The highest BCUT2D eigenvalue weighted by Crippen LogP contribution is 2.29. The predicted molar refractivity (Wildman–Crippen MR) is 97.8 cm³/mol. The zero-order valence-electron chi connectivity index (χ0n) is 15.4. The van der Waals surface area contributed by atoms with Gasteiger partial charge < -0.3 is 4.90 Å². The zero-order chi connectivity index (χ0) is 18.2. The summed E-state index contributed by atoms with van der Waals surface area (Å²) in [5.41, 5.74) is 2.02. The van der Waals surface area contributed by atoms with Crippen LogP contribution in [0.2, 0.25) is 0 Å². The van der Waals surface area contributed by atoms with E-state index in [0.717, 1.165) is 43.5 Å². The van der Waals surface area contributed by atoms with Gasteiger partial charge in [0.15, 0.2) is 0 Å². The standard InChI is InChI=1S/C19H28N2O3S/c1-14-8-11-20(12-9-14)19(22)18-5-4-10-21(18)25(23,24)17-7-6-15(2)16(3)13-17/h6-7,13-14,18H,4-5,8-12H2,1-3H3/t18-/m0/s1. The summed E-state index contributed by atoms with van der Waals surface area (Å²) < 4.78 is 27.6. The van der Waals surface area contributed by atoms with Gasteiger partial charge in [-0.2, -0.15) is 4.31 Å². The molecule has 25 heavy (non-hydrogen) atoms. The molecule has 5 nitrogen and oxygen atoms in total. The molecule has 2 fully saturated rings. The molecule has 0 radical (unpaired) electrons. The second-order valence-corrected chi connectivity index (χ2v) is 9.42. The van der Waals surface area contributed by atoms with Crippen LogP contribution in [0, 0.1) is 19.8 Å². The SMILES string of the molecule is Cc1ccc(S(=O)(=O)N2CCC[C@H]2C(=O)N2CCC(C)CC2)cc1C. The Morgan fingerprint density at radius 2 is 1.72 bits per heavy atom. The van der Waals surface area contributed by atoms with Crippen LogP contribution in [0.1, 0.15) is 43.7 Å². The Labute approximate surface area is 151 Å². The molecule has 2 heterocycles. The third-order valence-electron chi connectivity index (χ3n) is 5.67. The summed E-state index contributed by atoms with van der Waals surface area (Å²) in [5.74, 6) is 0.625. The Balaban J connectivity index is 1.82. The van der Waals surface area contributed by atoms with Gasteiger partial charge >= 0.3 is 0 Å². The molecule has 0 saturated carbocycles. The van der Waals surface area contributed by atoms with Crippen LogP contribution in [0.4, 0.5) is 0 Å². The molecule has 0 spiro atoms. The van der Waals surface area contributed by atoms with Gasteiger partial charge in [0.25, 0.3) is 0 Å². The van der Waals surface area contributed by atoms with Gasteiger partial charge in [0.1, 0.15) is 6.04 Å². The summed E-state index contributed by atoms with van der Waals surface area (Å²) in [4.78, 5) is 15.1. The number of sulfonamides is 1. The molecule has 138 valence electrons. The molecule has 0 N–H and O–H groups in total. The highest BCUT2D eigenvalue weighted by atomic mass is 32.2. The van der Waals surface area contributed by atoms with E-state index in [1.807, 2.05) is 24.8 Å². The average Bonchev–Trinajstić information content (AvgIpc) is 3.08. The monoisotopic (exact) mass is 364 g/mol. The first-order chi connectivity index (χ1) is 11.8. The lowest BCUT2D eigenvalue weighted by Crippen LogP contribution is -2.49. The van der Waals surface area contributed by atoms with Gasteiger partial charge in [-0.3, -0.25) is 4.79 Å². The van der Waals surface area contributed by atoms with E-state index in [0.29, 0.717) is 23.8 Å². The van der Waals surface area contributed by atoms with E-state index in [9.17, 15) is 13.2 Å². The third kappa shape index (κ3) is 3.60. The maximum atomic E-state index is 13.1. The molecule has 6 heteroatoms. The summed E-state index contributed by atoms with van der Waals surface area (Å²) in [6.45, 7) is 7.99. The number of aryl methyl sites for hydroxylation is 2. The summed E-state index contributed by atoms with van der Waals surface area (Å²) in [6.07, 6.45) is 3.37. The number of carbonyl (C=O) groups is 1. The van der Waals surface area contributed by atoms with E-state index in [1.54, 1.807) is 12.1 Å². The van der Waals surface area contributed by atoms with E-state index in [4.69, 9.17) is 0 Å². The molecule has 1 atom stereocenters. The van der Waals surface area contributed by atoms with Crippen LogP contribution < -0.4 is 0 Å². The minimum Gasteiger partial charge on any atom is -0.341 e. The highest BCUT2D eigenvalue weighted by Gasteiger charge is 2.41. The number of benzene rings is 1. The summed E-state index contributed by atoms with van der Waals surface area (Å²) in [6, 6.07) is 4.66. The fourth-order valence-electron chi connectivity index (χ4n) is 3.72. The first kappa shape index (κ1) is 18.4. The fraction of sp³-hybridized carbons (Fsp3) is 0.632. The lowest BCUT2D eigenvalue weighted by atomic mass is 9.98. The number of rotatable bonds is 3. The predicted octanol–water partition coefficient (Wildman–Crippen LogP) is 2.72. The number of hydrogen-bond acceptors (Lipinski definition) is 3. The van der Waals surface area contributed by atoms with Crippen LogP contribution in [0.15, 0.2) is 23.1 Å². The van der Waals surface area contributed by atoms with E-state index in [1.165, 1.54) is 4.31 Å². The van der Waals surface area contributed by atoms with Crippen molar-refractivity contribution < 1.29 is 13.2 Å². The van der Waals surface area contributed by atoms with Gasteiger partial charge in [-0.15, -0.1) is 0 Å². The number of carbonyl (C=O) groups excluding carboxylic acids is 1. The van der Waals surface area contributed by atoms with Crippen molar-refractivity contribution in [3.63, 3.8) is 0 Å². The topological polar surface area (TPSA) is 57.7 Å². The molecule has 0 aromatic heterocycles. The van der Waals surface area contributed by atoms with Gasteiger partial charge in [-0.25, -0.2) is 8.42 Å². The van der Waals surface area contributed by atoms with Crippen molar-refractivity contribution in [1.82, 2.24) is 9.21 Å². The van der Waals surface area contributed by atoms with Gasteiger partial charge in [-0.05, 0) is 68.7 Å². The summed E-state index contributed by atoms with van der Waals surface area (Å²) >= 11 is 0. The second-order valence-electron chi connectivity index (χ2n) is 7.53. The molecule has 1 aromatic rings. The Hall–Kier alpha value is -1.40. The first-order valence-electron chi connectivity index (χ1n) is 9.18. The summed E-state index contributed by atoms with van der Waals surface area (Å²) in [5, 5.41) is 0. The largest absolute Gasteiger partial charge is 0.341 e. The van der Waals surface area contributed by atoms with E-state index < -0.39 is 16.1 Å². The molecule has 1 amide bonds. The van der Waals surface area contributed by atoms with Crippen LogP contribution in [0.25, 0.3) is 0 Å². The molecule has 2 aliphatic heterocycles. The maximum Gasteiger partial charge on any atom is 0.243 e. The Morgan fingerprint density at radius 1 is 1.04 bits per heavy atom. The van der Waals surface area contributed by atoms with Crippen molar-refractivity contribution in [2.45, 2.75) is 57.4 Å². The van der Waals surface area contributed by atoms with Crippen LogP contribution in [0.5, 0.6) is 0 Å². The van der Waals surface area contributed by atoms with Crippen molar-refractivity contribution in [1.29, 1.82) is 0 Å². The van der Waals surface area contributed by atoms with Crippen molar-refractivity contribution >= 4 is 15.9 Å². The van der Waals surface area contributed by atoms with Crippen molar-refractivity contribution in [2.24, 2.45) is 5.92 Å². The van der Waals surface area contributed by atoms with Crippen LogP contribution in [0.3, 0.4) is 0 Å². The molecule has 0 bridgehead atoms. The minimum absolute atomic E-state index is 0.0168. The van der Waals surface area contributed by atoms with E-state index >= 15 is 0 Å². The van der Waals surface area contributed by atoms with Gasteiger partial charge in [0.05, 0.1) is 4.90 Å². The fourth-order valence-corrected chi connectivity index (χ4v) is 5.46. The van der Waals surface area contributed by atoms with E-state index in [2.05, 4.69) is 6.92 Å². The molecule has 2 aliphatic rings. The number of amides is 1. The zero-order valence-corrected chi connectivity index (χ0v) is 16.2. The first-order valence-corrected chi connectivity index (χ1v) is 10.6. The van der Waals surface area contributed by atoms with Crippen molar-refractivity contribution in [3.05, 3.63) is 29.3 Å². The van der Waals surface area contributed by atoms with Gasteiger partial charge in [0, 0.05) is 19.6 Å². The smallest absolute Gasteiger partial charge is 0.243 e. The molecule has 1 aromatic carbocycles. The van der Waals surface area contributed by atoms with Crippen LogP contribution in [-0.4, -0.2) is 49.2 Å². The number of piperidine rings is 1. The molecule has 0 aliphatic carbocycles. The van der Waals surface area contributed by atoms with Crippen LogP contribution >= 0.6 is 0 Å². The normalized spacial score (nSPS) is 23.2. The molecule has 2 saturated heterocycles. The van der Waals surface area contributed by atoms with Crippen molar-refractivity contribution in [2.75, 3.05) is 19.6 Å². The lowest BCUT2D eigenvalue weighted by Gasteiger charge is -2.34. The number of hydrogen-bond donors (Lipinski definition) is 0. The summed E-state index contributed by atoms with van der Waals surface area (Å²) in [7, 11) is -3.64. The Kier molecular flexibility index (Phi) is 5.21.